The smallest absolute Gasteiger partial charge is 0.384 e. The highest BCUT2D eigenvalue weighted by atomic mass is 19.4. The third-order valence-electron chi connectivity index (χ3n) is 3.85. The molecule has 1 aromatic rings. The van der Waals surface area contributed by atoms with E-state index in [0.29, 0.717) is 13.2 Å². The van der Waals surface area contributed by atoms with Crippen molar-refractivity contribution in [2.75, 3.05) is 38.7 Å². The summed E-state index contributed by atoms with van der Waals surface area (Å²) in [4.78, 5) is 3.96. The summed E-state index contributed by atoms with van der Waals surface area (Å²) in [5.41, 5.74) is -0.748. The van der Waals surface area contributed by atoms with Gasteiger partial charge in [-0.25, -0.2) is 4.98 Å². The second-order valence-electron chi connectivity index (χ2n) is 5.46. The molecule has 0 spiro atoms. The molecular weight excluding hydrogens is 283 g/mol. The number of alkyl halides is 3. The minimum absolute atomic E-state index is 0.0596. The van der Waals surface area contributed by atoms with Gasteiger partial charge in [-0.05, 0) is 38.1 Å². The van der Waals surface area contributed by atoms with E-state index in [0.717, 1.165) is 38.1 Å². The molecule has 0 atom stereocenters. The number of piperidine rings is 1. The zero-order valence-electron chi connectivity index (χ0n) is 12.0. The molecule has 4 nitrogen and oxygen atoms in total. The quantitative estimate of drug-likeness (QED) is 0.877. The van der Waals surface area contributed by atoms with Crippen molar-refractivity contribution in [3.63, 3.8) is 0 Å². The molecule has 1 fully saturated rings. The molecule has 0 aliphatic carbocycles. The number of halogens is 3. The molecule has 0 radical (unpaired) electrons. The number of hydrogen-bond acceptors (Lipinski definition) is 4. The van der Waals surface area contributed by atoms with Crippen LogP contribution < -0.4 is 10.6 Å². The van der Waals surface area contributed by atoms with E-state index in [2.05, 4.69) is 15.6 Å². The van der Waals surface area contributed by atoms with Gasteiger partial charge in [-0.3, -0.25) is 0 Å². The number of aromatic nitrogens is 1. The molecule has 1 aromatic heterocycles. The van der Waals surface area contributed by atoms with Gasteiger partial charge < -0.3 is 15.4 Å². The molecule has 0 amide bonds. The van der Waals surface area contributed by atoms with Crippen LogP contribution in [0, 0.1) is 5.41 Å². The van der Waals surface area contributed by atoms with Crippen LogP contribution in [0.5, 0.6) is 0 Å². The van der Waals surface area contributed by atoms with E-state index in [9.17, 15) is 13.2 Å². The van der Waals surface area contributed by atoms with E-state index in [1.807, 2.05) is 0 Å². The van der Waals surface area contributed by atoms with E-state index in [-0.39, 0.29) is 11.2 Å². The van der Waals surface area contributed by atoms with Gasteiger partial charge in [0.2, 0.25) is 0 Å². The third kappa shape index (κ3) is 4.31. The monoisotopic (exact) mass is 303 g/mol. The van der Waals surface area contributed by atoms with Gasteiger partial charge >= 0.3 is 6.18 Å². The Hall–Kier alpha value is -1.34. The topological polar surface area (TPSA) is 46.2 Å². The van der Waals surface area contributed by atoms with Crippen molar-refractivity contribution < 1.29 is 17.9 Å². The Bertz CT molecular complexity index is 454. The first kappa shape index (κ1) is 16.0. The van der Waals surface area contributed by atoms with Crippen molar-refractivity contribution in [3.8, 4) is 0 Å². The van der Waals surface area contributed by atoms with E-state index >= 15 is 0 Å². The fraction of sp³-hybridized carbons (Fsp3) is 0.643. The summed E-state index contributed by atoms with van der Waals surface area (Å²) in [7, 11) is 1.65. The lowest BCUT2D eigenvalue weighted by Crippen LogP contribution is -2.44. The number of rotatable bonds is 5. The van der Waals surface area contributed by atoms with E-state index in [1.165, 1.54) is 6.20 Å². The van der Waals surface area contributed by atoms with Gasteiger partial charge in [-0.15, -0.1) is 0 Å². The van der Waals surface area contributed by atoms with Crippen LogP contribution in [0.25, 0.3) is 0 Å². The lowest BCUT2D eigenvalue weighted by atomic mass is 9.79. The standard InChI is InChI=1S/C14H20F3N3O/c1-21-10-13(3-6-18-7-4-13)9-20-12-8-11(2-5-19-12)14(15,16)17/h2,5,8,18H,3-4,6-7,9-10H2,1H3,(H,19,20). The maximum absolute atomic E-state index is 12.7. The van der Waals surface area contributed by atoms with Crippen molar-refractivity contribution in [2.24, 2.45) is 5.41 Å². The highest BCUT2D eigenvalue weighted by Gasteiger charge is 2.33. The molecule has 0 aromatic carbocycles. The predicted octanol–water partition coefficient (Wildman–Crippen LogP) is 2.53. The summed E-state index contributed by atoms with van der Waals surface area (Å²) in [5, 5.41) is 6.31. The number of methoxy groups -OCH3 is 1. The molecule has 7 heteroatoms. The molecule has 1 aliphatic rings. The Labute approximate surface area is 122 Å². The first-order valence-electron chi connectivity index (χ1n) is 6.92. The second-order valence-corrected chi connectivity index (χ2v) is 5.46. The van der Waals surface area contributed by atoms with Gasteiger partial charge in [-0.2, -0.15) is 13.2 Å². The number of hydrogen-bond donors (Lipinski definition) is 2. The van der Waals surface area contributed by atoms with Crippen LogP contribution in [0.1, 0.15) is 18.4 Å². The average Bonchev–Trinajstić information content (AvgIpc) is 2.46. The maximum atomic E-state index is 12.7. The zero-order chi connectivity index (χ0) is 15.3. The highest BCUT2D eigenvalue weighted by Crippen LogP contribution is 2.32. The van der Waals surface area contributed by atoms with Crippen molar-refractivity contribution in [2.45, 2.75) is 19.0 Å². The van der Waals surface area contributed by atoms with E-state index in [4.69, 9.17) is 4.74 Å². The third-order valence-corrected chi connectivity index (χ3v) is 3.85. The number of anilines is 1. The van der Waals surface area contributed by atoms with Gasteiger partial charge in [0, 0.05) is 25.3 Å². The number of pyridine rings is 1. The fourth-order valence-electron chi connectivity index (χ4n) is 2.62. The Morgan fingerprint density at radius 2 is 2.10 bits per heavy atom. The molecule has 2 N–H and O–H groups in total. The van der Waals surface area contributed by atoms with Crippen molar-refractivity contribution in [3.05, 3.63) is 23.9 Å². The molecule has 2 heterocycles. The van der Waals surface area contributed by atoms with Gasteiger partial charge in [0.1, 0.15) is 5.82 Å². The minimum Gasteiger partial charge on any atom is -0.384 e. The molecule has 1 aliphatic heterocycles. The van der Waals surface area contributed by atoms with E-state index < -0.39 is 11.7 Å². The number of nitrogens with zero attached hydrogens (tertiary/aromatic N) is 1. The lowest BCUT2D eigenvalue weighted by molar-refractivity contribution is -0.137. The Kier molecular flexibility index (Phi) is 5.05. The van der Waals surface area contributed by atoms with Crippen LogP contribution >= 0.6 is 0 Å². The predicted molar refractivity (Wildman–Crippen MR) is 74.1 cm³/mol. The van der Waals surface area contributed by atoms with Crippen molar-refractivity contribution >= 4 is 5.82 Å². The number of nitrogens with one attached hydrogen (secondary N) is 2. The first-order valence-corrected chi connectivity index (χ1v) is 6.92. The second kappa shape index (κ2) is 6.62. The van der Waals surface area contributed by atoms with Gasteiger partial charge in [0.05, 0.1) is 12.2 Å². The Morgan fingerprint density at radius 3 is 2.71 bits per heavy atom. The minimum atomic E-state index is -4.35. The summed E-state index contributed by atoms with van der Waals surface area (Å²) in [5.74, 6) is 0.249. The molecular formula is C14H20F3N3O. The van der Waals surface area contributed by atoms with Crippen LogP contribution in [-0.4, -0.2) is 38.3 Å². The summed E-state index contributed by atoms with van der Waals surface area (Å²) < 4.78 is 43.3. The average molecular weight is 303 g/mol. The van der Waals surface area contributed by atoms with E-state index in [1.54, 1.807) is 7.11 Å². The molecule has 21 heavy (non-hydrogen) atoms. The summed E-state index contributed by atoms with van der Waals surface area (Å²) in [6, 6.07) is 2.02. The summed E-state index contributed by atoms with van der Waals surface area (Å²) >= 11 is 0. The summed E-state index contributed by atoms with van der Waals surface area (Å²) in [6.07, 6.45) is -1.32. The van der Waals surface area contributed by atoms with Gasteiger partial charge in [0.25, 0.3) is 0 Å². The zero-order valence-corrected chi connectivity index (χ0v) is 12.0. The molecule has 2 rings (SSSR count). The fourth-order valence-corrected chi connectivity index (χ4v) is 2.62. The maximum Gasteiger partial charge on any atom is 0.416 e. The van der Waals surface area contributed by atoms with Crippen LogP contribution in [0.3, 0.4) is 0 Å². The molecule has 1 saturated heterocycles. The summed E-state index contributed by atoms with van der Waals surface area (Å²) in [6.45, 7) is 2.92. The molecule has 118 valence electrons. The van der Waals surface area contributed by atoms with Crippen LogP contribution in [0.4, 0.5) is 19.0 Å². The molecule has 0 unspecified atom stereocenters. The molecule has 0 bridgehead atoms. The van der Waals surface area contributed by atoms with Crippen LogP contribution in [0.15, 0.2) is 18.3 Å². The Balaban J connectivity index is 2.04. The number of ether oxygens (including phenoxy) is 1. The highest BCUT2D eigenvalue weighted by molar-refractivity contribution is 5.38. The SMILES string of the molecule is COCC1(CNc2cc(C(F)(F)F)ccn2)CCNCC1. The van der Waals surface area contributed by atoms with Crippen molar-refractivity contribution in [1.29, 1.82) is 0 Å². The van der Waals surface area contributed by atoms with Gasteiger partial charge in [-0.1, -0.05) is 0 Å². The Morgan fingerprint density at radius 1 is 1.38 bits per heavy atom. The van der Waals surface area contributed by atoms with Crippen LogP contribution in [0.2, 0.25) is 0 Å². The first-order chi connectivity index (χ1) is 9.95. The lowest BCUT2D eigenvalue weighted by Gasteiger charge is -2.37. The van der Waals surface area contributed by atoms with Crippen molar-refractivity contribution in [1.82, 2.24) is 10.3 Å². The van der Waals surface area contributed by atoms with Crippen LogP contribution in [-0.2, 0) is 10.9 Å². The van der Waals surface area contributed by atoms with Gasteiger partial charge in [0.15, 0.2) is 0 Å². The normalized spacial score (nSPS) is 18.5. The largest absolute Gasteiger partial charge is 0.416 e. The molecule has 0 saturated carbocycles.